The molecule has 1 aliphatic carbocycles. The number of nitrogens with one attached hydrogen (secondary N) is 2. The third-order valence-electron chi connectivity index (χ3n) is 3.39. The van der Waals surface area contributed by atoms with Crippen molar-refractivity contribution in [3.8, 4) is 0 Å². The number of nitrogens with two attached hydrogens (primary N) is 1. The van der Waals surface area contributed by atoms with E-state index in [-0.39, 0.29) is 4.99 Å². The Morgan fingerprint density at radius 1 is 1.40 bits per heavy atom. The van der Waals surface area contributed by atoms with Crippen LogP contribution in [0.5, 0.6) is 0 Å². The first kappa shape index (κ1) is 17.6. The van der Waals surface area contributed by atoms with Gasteiger partial charge in [-0.05, 0) is 31.6 Å². The lowest BCUT2D eigenvalue weighted by atomic mass is 9.78. The Morgan fingerprint density at radius 3 is 2.30 bits per heavy atom. The van der Waals surface area contributed by atoms with Crippen molar-refractivity contribution in [2.24, 2.45) is 11.7 Å². The van der Waals surface area contributed by atoms with Crippen LogP contribution >= 0.6 is 12.2 Å². The summed E-state index contributed by atoms with van der Waals surface area (Å²) >= 11 is 4.89. The number of rotatable bonds is 5. The molecule has 1 aliphatic rings. The van der Waals surface area contributed by atoms with Crippen LogP contribution in [0.1, 0.15) is 32.6 Å². The highest BCUT2D eigenvalue weighted by Crippen LogP contribution is 2.32. The fourth-order valence-electron chi connectivity index (χ4n) is 2.12. The molecule has 0 aromatic carbocycles. The van der Waals surface area contributed by atoms with Crippen LogP contribution in [-0.4, -0.2) is 31.7 Å². The first-order chi connectivity index (χ1) is 8.96. The molecule has 10 heteroatoms. The fraction of sp³-hybridized carbons (Fsp3) is 0.900. The second kappa shape index (κ2) is 6.12. The molecule has 0 aromatic heterocycles. The Bertz CT molecular complexity index is 457. The van der Waals surface area contributed by atoms with E-state index in [1.807, 2.05) is 6.92 Å². The van der Waals surface area contributed by atoms with Gasteiger partial charge in [0.25, 0.3) is 10.2 Å². The zero-order valence-electron chi connectivity index (χ0n) is 11.0. The normalized spacial score (nSPS) is 28.3. The van der Waals surface area contributed by atoms with Crippen molar-refractivity contribution >= 4 is 27.4 Å². The largest absolute Gasteiger partial charge is 0.402 e. The molecular formula is C10H18F3N3O2S2. The van der Waals surface area contributed by atoms with Gasteiger partial charge in [-0.1, -0.05) is 19.1 Å². The van der Waals surface area contributed by atoms with E-state index < -0.39 is 28.5 Å². The van der Waals surface area contributed by atoms with Crippen LogP contribution in [0.25, 0.3) is 0 Å². The lowest BCUT2D eigenvalue weighted by Gasteiger charge is -2.38. The highest BCUT2D eigenvalue weighted by atomic mass is 32.2. The maximum absolute atomic E-state index is 12.1. The number of hydrogen-bond donors (Lipinski definition) is 3. The smallest absolute Gasteiger partial charge is 0.392 e. The Morgan fingerprint density at radius 2 is 1.90 bits per heavy atom. The van der Waals surface area contributed by atoms with Crippen LogP contribution in [0.2, 0.25) is 0 Å². The average molecular weight is 333 g/mol. The topological polar surface area (TPSA) is 84.2 Å². The lowest BCUT2D eigenvalue weighted by molar-refractivity contribution is -0.121. The Kier molecular flexibility index (Phi) is 5.39. The van der Waals surface area contributed by atoms with Crippen molar-refractivity contribution in [1.82, 2.24) is 9.44 Å². The summed E-state index contributed by atoms with van der Waals surface area (Å²) in [7, 11) is -4.32. The van der Waals surface area contributed by atoms with E-state index in [0.717, 1.165) is 0 Å². The van der Waals surface area contributed by atoms with Gasteiger partial charge in [0.05, 0.1) is 10.5 Å². The van der Waals surface area contributed by atoms with Gasteiger partial charge in [0.1, 0.15) is 6.54 Å². The monoisotopic (exact) mass is 333 g/mol. The van der Waals surface area contributed by atoms with Gasteiger partial charge in [-0.25, -0.2) is 0 Å². The average Bonchev–Trinajstić information content (AvgIpc) is 2.29. The van der Waals surface area contributed by atoms with Gasteiger partial charge in [-0.3, -0.25) is 0 Å². The minimum Gasteiger partial charge on any atom is -0.392 e. The van der Waals surface area contributed by atoms with E-state index in [0.29, 0.717) is 31.6 Å². The zero-order chi connectivity index (χ0) is 15.6. The molecule has 0 aliphatic heterocycles. The molecule has 0 amide bonds. The third-order valence-corrected chi connectivity index (χ3v) is 4.97. The minimum absolute atomic E-state index is 0.0400. The van der Waals surface area contributed by atoms with E-state index in [1.54, 1.807) is 0 Å². The lowest BCUT2D eigenvalue weighted by Crippen LogP contribution is -2.60. The summed E-state index contributed by atoms with van der Waals surface area (Å²) in [4.78, 5) is -0.0400. The number of hydrogen-bond acceptors (Lipinski definition) is 3. The Hall–Kier alpha value is -0.450. The minimum atomic E-state index is -4.62. The molecule has 118 valence electrons. The van der Waals surface area contributed by atoms with Gasteiger partial charge < -0.3 is 5.73 Å². The number of halogens is 3. The van der Waals surface area contributed by atoms with E-state index >= 15 is 0 Å². The van der Waals surface area contributed by atoms with Crippen LogP contribution in [0.4, 0.5) is 13.2 Å². The van der Waals surface area contributed by atoms with Crippen LogP contribution in [0.15, 0.2) is 0 Å². The molecule has 5 nitrogen and oxygen atoms in total. The summed E-state index contributed by atoms with van der Waals surface area (Å²) in [6, 6.07) is 0. The molecule has 0 bridgehead atoms. The van der Waals surface area contributed by atoms with Gasteiger partial charge in [-0.2, -0.15) is 31.0 Å². The first-order valence-corrected chi connectivity index (χ1v) is 8.00. The summed E-state index contributed by atoms with van der Waals surface area (Å²) in [5.41, 5.74) is 4.45. The molecule has 0 atom stereocenters. The Labute approximate surface area is 121 Å². The van der Waals surface area contributed by atoms with Gasteiger partial charge in [0.15, 0.2) is 0 Å². The molecule has 0 saturated heterocycles. The standard InChI is InChI=1S/C10H18F3N3O2S2/c1-7-2-4-9(5-3-7,8(14)19)16-20(17,18)15-6-10(11,12)13/h7,15-16H,2-6H2,1H3,(H2,14,19). The SMILES string of the molecule is CC1CCC(NS(=O)(=O)NCC(F)(F)F)(C(N)=S)CC1. The maximum atomic E-state index is 12.1. The highest BCUT2D eigenvalue weighted by molar-refractivity contribution is 7.87. The second-order valence-corrected chi connectivity index (χ2v) is 7.11. The fourth-order valence-corrected chi connectivity index (χ4v) is 3.70. The van der Waals surface area contributed by atoms with Crippen molar-refractivity contribution in [2.75, 3.05) is 6.54 Å². The predicted molar refractivity (Wildman–Crippen MR) is 73.3 cm³/mol. The molecule has 0 spiro atoms. The van der Waals surface area contributed by atoms with Gasteiger partial charge >= 0.3 is 6.18 Å². The van der Waals surface area contributed by atoms with Gasteiger partial charge in [-0.15, -0.1) is 0 Å². The molecule has 1 saturated carbocycles. The molecule has 20 heavy (non-hydrogen) atoms. The quantitative estimate of drug-likeness (QED) is 0.660. The van der Waals surface area contributed by atoms with E-state index in [9.17, 15) is 21.6 Å². The summed E-state index contributed by atoms with van der Waals surface area (Å²) in [6.07, 6.45) is -2.43. The van der Waals surface area contributed by atoms with Crippen molar-refractivity contribution in [3.63, 3.8) is 0 Å². The van der Waals surface area contributed by atoms with Crippen molar-refractivity contribution in [1.29, 1.82) is 0 Å². The predicted octanol–water partition coefficient (Wildman–Crippen LogP) is 1.21. The summed E-state index contributed by atoms with van der Waals surface area (Å²) in [5, 5.41) is 0. The van der Waals surface area contributed by atoms with Crippen LogP contribution in [0, 0.1) is 5.92 Å². The molecule has 0 unspecified atom stereocenters. The summed E-state index contributed by atoms with van der Waals surface area (Å²) < 4.78 is 63.2. The Balaban J connectivity index is 2.78. The van der Waals surface area contributed by atoms with E-state index in [2.05, 4.69) is 4.72 Å². The van der Waals surface area contributed by atoms with Crippen LogP contribution < -0.4 is 15.2 Å². The third kappa shape index (κ3) is 5.15. The first-order valence-electron chi connectivity index (χ1n) is 6.11. The van der Waals surface area contributed by atoms with Crippen molar-refractivity contribution < 1.29 is 21.6 Å². The highest BCUT2D eigenvalue weighted by Gasteiger charge is 2.41. The molecule has 1 rings (SSSR count). The van der Waals surface area contributed by atoms with Crippen molar-refractivity contribution in [2.45, 2.75) is 44.3 Å². The molecular weight excluding hydrogens is 315 g/mol. The summed E-state index contributed by atoms with van der Waals surface area (Å²) in [6.45, 7) is 0.381. The molecule has 1 fully saturated rings. The second-order valence-electron chi connectivity index (χ2n) is 5.17. The zero-order valence-corrected chi connectivity index (χ0v) is 12.6. The van der Waals surface area contributed by atoms with Crippen LogP contribution in [-0.2, 0) is 10.2 Å². The van der Waals surface area contributed by atoms with E-state index in [1.165, 1.54) is 4.72 Å². The number of thiocarbonyl (C=S) groups is 1. The van der Waals surface area contributed by atoms with E-state index in [4.69, 9.17) is 18.0 Å². The van der Waals surface area contributed by atoms with Gasteiger partial charge in [0.2, 0.25) is 0 Å². The maximum Gasteiger partial charge on any atom is 0.402 e. The molecule has 4 N–H and O–H groups in total. The van der Waals surface area contributed by atoms with Crippen LogP contribution in [0.3, 0.4) is 0 Å². The molecule has 0 aromatic rings. The van der Waals surface area contributed by atoms with Gasteiger partial charge in [0, 0.05) is 0 Å². The van der Waals surface area contributed by atoms with Crippen molar-refractivity contribution in [3.05, 3.63) is 0 Å². The molecule has 0 heterocycles. The number of alkyl halides is 3. The summed E-state index contributed by atoms with van der Waals surface area (Å²) in [5.74, 6) is 0.408. The molecule has 0 radical (unpaired) electrons.